The van der Waals surface area contributed by atoms with Gasteiger partial charge in [0, 0.05) is 30.4 Å². The van der Waals surface area contributed by atoms with Crippen LogP contribution in [0.4, 0.5) is 11.4 Å². The quantitative estimate of drug-likeness (QED) is 0.758. The Bertz CT molecular complexity index is 881. The summed E-state index contributed by atoms with van der Waals surface area (Å²) in [6.45, 7) is -0.0302. The lowest BCUT2D eigenvalue weighted by atomic mass is 10.1. The van der Waals surface area contributed by atoms with Gasteiger partial charge >= 0.3 is 5.97 Å². The van der Waals surface area contributed by atoms with E-state index in [1.54, 1.807) is 55.6 Å². The number of benzene rings is 2. The van der Waals surface area contributed by atoms with E-state index in [9.17, 15) is 14.4 Å². The Morgan fingerprint density at radius 1 is 1.18 bits per heavy atom. The van der Waals surface area contributed by atoms with Crippen molar-refractivity contribution < 1.29 is 29.0 Å². The van der Waals surface area contributed by atoms with Gasteiger partial charge in [0.2, 0.25) is 5.91 Å². The van der Waals surface area contributed by atoms with Crippen molar-refractivity contribution >= 4 is 29.2 Å². The summed E-state index contributed by atoms with van der Waals surface area (Å²) in [6.07, 6.45) is -0.00196. The zero-order chi connectivity index (χ0) is 20.1. The molecule has 0 saturated carbocycles. The SMILES string of the molecule is COc1cccc(NC(=O)COc2ccc(N3C[C@@H](C(=O)O)CC3=O)cc2)c1. The van der Waals surface area contributed by atoms with Gasteiger partial charge in [-0.05, 0) is 36.4 Å². The maximum Gasteiger partial charge on any atom is 0.308 e. The number of hydrogen-bond donors (Lipinski definition) is 2. The first-order valence-corrected chi connectivity index (χ1v) is 8.66. The Balaban J connectivity index is 1.53. The lowest BCUT2D eigenvalue weighted by Crippen LogP contribution is -2.25. The molecule has 0 radical (unpaired) electrons. The molecule has 2 aromatic carbocycles. The number of aliphatic carboxylic acids is 1. The van der Waals surface area contributed by atoms with Gasteiger partial charge in [-0.2, -0.15) is 0 Å². The summed E-state index contributed by atoms with van der Waals surface area (Å²) in [5.74, 6) is -1.11. The van der Waals surface area contributed by atoms with E-state index >= 15 is 0 Å². The van der Waals surface area contributed by atoms with E-state index in [2.05, 4.69) is 5.32 Å². The number of nitrogens with one attached hydrogen (secondary N) is 1. The Kier molecular flexibility index (Phi) is 5.78. The van der Waals surface area contributed by atoms with Crippen LogP contribution in [0.5, 0.6) is 11.5 Å². The molecular weight excluding hydrogens is 364 g/mol. The van der Waals surface area contributed by atoms with Gasteiger partial charge in [-0.15, -0.1) is 0 Å². The molecule has 0 bridgehead atoms. The third-order valence-electron chi connectivity index (χ3n) is 4.35. The van der Waals surface area contributed by atoms with Gasteiger partial charge < -0.3 is 24.8 Å². The number of hydrogen-bond acceptors (Lipinski definition) is 5. The predicted molar refractivity (Wildman–Crippen MR) is 102 cm³/mol. The summed E-state index contributed by atoms with van der Waals surface area (Å²) in [7, 11) is 1.55. The molecule has 2 amide bonds. The number of amides is 2. The number of carbonyl (C=O) groups is 3. The van der Waals surface area contributed by atoms with Crippen molar-refractivity contribution in [1.82, 2.24) is 0 Å². The minimum Gasteiger partial charge on any atom is -0.497 e. The molecular formula is C20H20N2O6. The molecule has 2 aromatic rings. The Morgan fingerprint density at radius 3 is 2.57 bits per heavy atom. The van der Waals surface area contributed by atoms with Gasteiger partial charge in [0.1, 0.15) is 11.5 Å². The molecule has 0 aromatic heterocycles. The van der Waals surface area contributed by atoms with Gasteiger partial charge in [0.05, 0.1) is 13.0 Å². The maximum absolute atomic E-state index is 12.0. The molecule has 8 heteroatoms. The maximum atomic E-state index is 12.0. The smallest absolute Gasteiger partial charge is 0.308 e. The number of rotatable bonds is 7. The Morgan fingerprint density at radius 2 is 1.93 bits per heavy atom. The molecule has 146 valence electrons. The van der Waals surface area contributed by atoms with E-state index in [-0.39, 0.29) is 31.4 Å². The summed E-state index contributed by atoms with van der Waals surface area (Å²) in [5.41, 5.74) is 1.20. The van der Waals surface area contributed by atoms with Crippen molar-refractivity contribution in [3.63, 3.8) is 0 Å². The van der Waals surface area contributed by atoms with Gasteiger partial charge in [0.15, 0.2) is 6.61 Å². The second-order valence-electron chi connectivity index (χ2n) is 6.31. The highest BCUT2D eigenvalue weighted by Gasteiger charge is 2.34. The summed E-state index contributed by atoms with van der Waals surface area (Å²) in [6, 6.07) is 13.6. The molecule has 0 aliphatic carbocycles. The third-order valence-corrected chi connectivity index (χ3v) is 4.35. The van der Waals surface area contributed by atoms with E-state index in [0.29, 0.717) is 22.9 Å². The van der Waals surface area contributed by atoms with E-state index in [4.69, 9.17) is 14.6 Å². The van der Waals surface area contributed by atoms with Gasteiger partial charge in [-0.3, -0.25) is 14.4 Å². The summed E-state index contributed by atoms with van der Waals surface area (Å²) in [4.78, 5) is 36.5. The van der Waals surface area contributed by atoms with Crippen molar-refractivity contribution in [2.75, 3.05) is 30.5 Å². The molecule has 1 saturated heterocycles. The van der Waals surface area contributed by atoms with Crippen LogP contribution in [0.15, 0.2) is 48.5 Å². The highest BCUT2D eigenvalue weighted by atomic mass is 16.5. The zero-order valence-electron chi connectivity index (χ0n) is 15.3. The highest BCUT2D eigenvalue weighted by molar-refractivity contribution is 5.99. The van der Waals surface area contributed by atoms with Crippen molar-refractivity contribution in [2.45, 2.75) is 6.42 Å². The molecule has 0 spiro atoms. The number of ether oxygens (including phenoxy) is 2. The summed E-state index contributed by atoms with van der Waals surface area (Å²) < 4.78 is 10.6. The van der Waals surface area contributed by atoms with Crippen molar-refractivity contribution in [1.29, 1.82) is 0 Å². The predicted octanol–water partition coefficient (Wildman–Crippen LogP) is 2.15. The number of methoxy groups -OCH3 is 1. The first-order valence-electron chi connectivity index (χ1n) is 8.66. The van der Waals surface area contributed by atoms with Gasteiger partial charge in [-0.25, -0.2) is 0 Å². The second-order valence-corrected chi connectivity index (χ2v) is 6.31. The fraction of sp³-hybridized carbons (Fsp3) is 0.250. The lowest BCUT2D eigenvalue weighted by Gasteiger charge is -2.16. The van der Waals surface area contributed by atoms with Crippen LogP contribution in [-0.2, 0) is 14.4 Å². The largest absolute Gasteiger partial charge is 0.497 e. The molecule has 8 nitrogen and oxygen atoms in total. The van der Waals surface area contributed by atoms with E-state index < -0.39 is 11.9 Å². The van der Waals surface area contributed by atoms with Crippen LogP contribution in [0.1, 0.15) is 6.42 Å². The van der Waals surface area contributed by atoms with Gasteiger partial charge in [0.25, 0.3) is 5.91 Å². The molecule has 1 atom stereocenters. The minimum absolute atomic E-state index is 0.00196. The Labute approximate surface area is 161 Å². The highest BCUT2D eigenvalue weighted by Crippen LogP contribution is 2.27. The molecule has 28 heavy (non-hydrogen) atoms. The van der Waals surface area contributed by atoms with E-state index in [0.717, 1.165) is 0 Å². The fourth-order valence-electron chi connectivity index (χ4n) is 2.89. The molecule has 2 N–H and O–H groups in total. The first kappa shape index (κ1) is 19.2. The standard InChI is InChI=1S/C20H20N2O6/c1-27-17-4-2-3-14(10-17)21-18(23)12-28-16-7-5-15(6-8-16)22-11-13(20(25)26)9-19(22)24/h2-8,10,13H,9,11-12H2,1H3,(H,21,23)(H,25,26)/t13-/m0/s1. The number of nitrogens with zero attached hydrogens (tertiary/aromatic N) is 1. The topological polar surface area (TPSA) is 105 Å². The number of carboxylic acids is 1. The van der Waals surface area contributed by atoms with Crippen LogP contribution >= 0.6 is 0 Å². The van der Waals surface area contributed by atoms with Crippen LogP contribution in [0.3, 0.4) is 0 Å². The van der Waals surface area contributed by atoms with Crippen LogP contribution < -0.4 is 19.7 Å². The van der Waals surface area contributed by atoms with Crippen molar-refractivity contribution in [3.05, 3.63) is 48.5 Å². The van der Waals surface area contributed by atoms with Crippen molar-refractivity contribution in [2.24, 2.45) is 5.92 Å². The monoisotopic (exact) mass is 384 g/mol. The first-order chi connectivity index (χ1) is 13.5. The minimum atomic E-state index is -0.974. The fourth-order valence-corrected chi connectivity index (χ4v) is 2.89. The molecule has 0 unspecified atom stereocenters. The number of anilines is 2. The number of carboxylic acid groups (broad SMARTS) is 1. The molecule has 1 fully saturated rings. The molecule has 3 rings (SSSR count). The zero-order valence-corrected chi connectivity index (χ0v) is 15.3. The average Bonchev–Trinajstić information content (AvgIpc) is 3.09. The average molecular weight is 384 g/mol. The normalized spacial score (nSPS) is 16.0. The molecule has 1 heterocycles. The van der Waals surface area contributed by atoms with E-state index in [1.807, 2.05) is 0 Å². The van der Waals surface area contributed by atoms with Crippen LogP contribution in [-0.4, -0.2) is 43.2 Å². The Hall–Kier alpha value is -3.55. The van der Waals surface area contributed by atoms with Crippen LogP contribution in [0.2, 0.25) is 0 Å². The molecule has 1 aliphatic heterocycles. The summed E-state index contributed by atoms with van der Waals surface area (Å²) >= 11 is 0. The molecule has 1 aliphatic rings. The van der Waals surface area contributed by atoms with Crippen LogP contribution in [0, 0.1) is 5.92 Å². The second kappa shape index (κ2) is 8.43. The third kappa shape index (κ3) is 4.59. The van der Waals surface area contributed by atoms with Crippen molar-refractivity contribution in [3.8, 4) is 11.5 Å². The van der Waals surface area contributed by atoms with Crippen LogP contribution in [0.25, 0.3) is 0 Å². The number of carbonyl (C=O) groups excluding carboxylic acids is 2. The van der Waals surface area contributed by atoms with Gasteiger partial charge in [-0.1, -0.05) is 6.07 Å². The van der Waals surface area contributed by atoms with E-state index in [1.165, 1.54) is 4.90 Å². The summed E-state index contributed by atoms with van der Waals surface area (Å²) in [5, 5.41) is 11.8. The lowest BCUT2D eigenvalue weighted by molar-refractivity contribution is -0.141.